The number of nitrogens with zero attached hydrogens (tertiary/aromatic N) is 3. The summed E-state index contributed by atoms with van der Waals surface area (Å²) in [6.45, 7) is 9.39. The van der Waals surface area contributed by atoms with E-state index in [2.05, 4.69) is 34.4 Å². The quantitative estimate of drug-likeness (QED) is 0.251. The molecule has 0 atom stereocenters. The van der Waals surface area contributed by atoms with Crippen LogP contribution >= 0.6 is 11.6 Å². The molecule has 1 heterocycles. The molecule has 0 aliphatic carbocycles. The molecular weight excluding hydrogens is 671 g/mol. The van der Waals surface area contributed by atoms with Gasteiger partial charge in [0.1, 0.15) is 23.7 Å². The maximum Gasteiger partial charge on any atom is 2.00 e. The Balaban J connectivity index is 0.00000385. The molecule has 33 heavy (non-hydrogen) atoms. The van der Waals surface area contributed by atoms with Crippen LogP contribution in [0.3, 0.4) is 0 Å². The molecule has 0 aliphatic rings. The van der Waals surface area contributed by atoms with E-state index in [4.69, 9.17) is 16.3 Å². The van der Waals surface area contributed by atoms with Gasteiger partial charge in [-0.25, -0.2) is 14.4 Å². The molecule has 10 heteroatoms. The number of ether oxygens (including phenoxy) is 1. The molecular formula is C23H23ClFN5O2U. The third kappa shape index (κ3) is 7.15. The number of carbonyl (C=O) groups is 1. The molecule has 3 rings (SSSR count). The average Bonchev–Trinajstić information content (AvgIpc) is 2.79. The molecule has 0 saturated carbocycles. The first-order valence-corrected chi connectivity index (χ1v) is 10.2. The summed E-state index contributed by atoms with van der Waals surface area (Å²) in [5, 5.41) is 6.55. The third-order valence-corrected chi connectivity index (χ3v) is 4.95. The maximum atomic E-state index is 13.5. The fraction of sp³-hybridized carbons (Fsp3) is 0.174. The summed E-state index contributed by atoms with van der Waals surface area (Å²) in [5.41, 5.74) is 1.61. The van der Waals surface area contributed by atoms with Crippen LogP contribution in [-0.4, -0.2) is 47.5 Å². The Bertz CT molecular complexity index is 1140. The molecule has 2 N–H and O–H groups in total. The molecule has 1 amide bonds. The molecule has 0 aliphatic heterocycles. The topological polar surface area (TPSA) is 79.4 Å². The molecule has 0 radical (unpaired) electrons. The zero-order valence-electron chi connectivity index (χ0n) is 18.1. The molecule has 1 aromatic heterocycles. The zero-order chi connectivity index (χ0) is 23.1. The van der Waals surface area contributed by atoms with Crippen LogP contribution in [0, 0.1) is 50.8 Å². The summed E-state index contributed by atoms with van der Waals surface area (Å²) in [5.74, 6) is 0.0900. The minimum absolute atomic E-state index is 0. The summed E-state index contributed by atoms with van der Waals surface area (Å²) in [6, 6.07) is 7.69. The number of hydrogen-bond donors (Lipinski definition) is 2. The van der Waals surface area contributed by atoms with Crippen LogP contribution in [0.4, 0.5) is 21.6 Å². The number of amides is 1. The van der Waals surface area contributed by atoms with Gasteiger partial charge in [0.2, 0.25) is 5.91 Å². The van der Waals surface area contributed by atoms with Crippen molar-refractivity contribution in [2.75, 3.05) is 37.4 Å². The number of methoxy groups -OCH3 is 1. The van der Waals surface area contributed by atoms with Crippen molar-refractivity contribution in [3.05, 3.63) is 73.5 Å². The summed E-state index contributed by atoms with van der Waals surface area (Å²) in [7, 11) is 1.51. The molecule has 0 spiro atoms. The average molecular weight is 694 g/mol. The van der Waals surface area contributed by atoms with Crippen molar-refractivity contribution in [2.24, 2.45) is 0 Å². The van der Waals surface area contributed by atoms with Gasteiger partial charge >= 0.3 is 31.1 Å². The van der Waals surface area contributed by atoms with Crippen LogP contribution in [0.5, 0.6) is 5.75 Å². The van der Waals surface area contributed by atoms with E-state index < -0.39 is 5.82 Å². The number of carbonyl (C=O) groups excluding carboxylic acids is 1. The first-order chi connectivity index (χ1) is 15.4. The molecule has 0 saturated heterocycles. The van der Waals surface area contributed by atoms with Gasteiger partial charge in [0, 0.05) is 29.8 Å². The van der Waals surface area contributed by atoms with Crippen LogP contribution in [0.15, 0.2) is 48.8 Å². The van der Waals surface area contributed by atoms with Crippen molar-refractivity contribution < 1.29 is 45.0 Å². The number of halogens is 2. The number of rotatable bonds is 9. The molecule has 2 aromatic carbocycles. The monoisotopic (exact) mass is 693 g/mol. The van der Waals surface area contributed by atoms with Crippen LogP contribution in [0.25, 0.3) is 10.9 Å². The third-order valence-electron chi connectivity index (χ3n) is 4.66. The second kappa shape index (κ2) is 12.9. The second-order valence-corrected chi connectivity index (χ2v) is 7.15. The Morgan fingerprint density at radius 2 is 2.00 bits per heavy atom. The van der Waals surface area contributed by atoms with E-state index in [1.54, 1.807) is 24.3 Å². The molecule has 3 aromatic rings. The molecule has 0 unspecified atom stereocenters. The van der Waals surface area contributed by atoms with E-state index in [0.29, 0.717) is 53.5 Å². The maximum absolute atomic E-state index is 13.5. The predicted octanol–water partition coefficient (Wildman–Crippen LogP) is 4.64. The Morgan fingerprint density at radius 1 is 1.24 bits per heavy atom. The van der Waals surface area contributed by atoms with E-state index in [9.17, 15) is 9.18 Å². The summed E-state index contributed by atoms with van der Waals surface area (Å²) in [6.07, 6.45) is 4.59. The fourth-order valence-corrected chi connectivity index (χ4v) is 3.12. The Kier molecular flexibility index (Phi) is 10.6. The van der Waals surface area contributed by atoms with Gasteiger partial charge < -0.3 is 34.1 Å². The number of aromatic nitrogens is 2. The summed E-state index contributed by atoms with van der Waals surface area (Å²) < 4.78 is 18.9. The number of anilines is 3. The normalized spacial score (nSPS) is 11.0. The van der Waals surface area contributed by atoms with Gasteiger partial charge in [-0.15, -0.1) is 13.1 Å². The summed E-state index contributed by atoms with van der Waals surface area (Å²) >= 11 is 5.87. The first kappa shape index (κ1) is 27.1. The van der Waals surface area contributed by atoms with Gasteiger partial charge in [0.25, 0.3) is 0 Å². The molecule has 170 valence electrons. The van der Waals surface area contributed by atoms with E-state index in [1.807, 2.05) is 4.90 Å². The van der Waals surface area contributed by atoms with Gasteiger partial charge in [-0.2, -0.15) is 0 Å². The minimum atomic E-state index is -0.513. The van der Waals surface area contributed by atoms with Crippen molar-refractivity contribution in [3.63, 3.8) is 0 Å². The Labute approximate surface area is 221 Å². The SMILES string of the molecule is [CH2-]CN(C[CH2-])C/C=C/C(=O)Nc1cc2c(Nc3ccc(F)c(Cl)c3)ncnc2cc1OC.[U+2]. The largest absolute Gasteiger partial charge is 2.00 e. The number of benzene rings is 2. The van der Waals surface area contributed by atoms with Crippen molar-refractivity contribution in [1.82, 2.24) is 14.9 Å². The second-order valence-electron chi connectivity index (χ2n) is 6.74. The van der Waals surface area contributed by atoms with Gasteiger partial charge in [0.05, 0.1) is 23.3 Å². The van der Waals surface area contributed by atoms with Gasteiger partial charge in [0.15, 0.2) is 0 Å². The zero-order valence-corrected chi connectivity index (χ0v) is 23.0. The smallest absolute Gasteiger partial charge is 0.494 e. The first-order valence-electron chi connectivity index (χ1n) is 9.78. The van der Waals surface area contributed by atoms with E-state index in [0.717, 1.165) is 0 Å². The number of nitrogens with one attached hydrogen (secondary N) is 2. The van der Waals surface area contributed by atoms with Crippen LogP contribution < -0.4 is 15.4 Å². The molecule has 0 fully saturated rings. The van der Waals surface area contributed by atoms with E-state index in [-0.39, 0.29) is 42.0 Å². The van der Waals surface area contributed by atoms with Crippen molar-refractivity contribution >= 4 is 45.6 Å². The summed E-state index contributed by atoms with van der Waals surface area (Å²) in [4.78, 5) is 22.9. The predicted molar refractivity (Wildman–Crippen MR) is 126 cm³/mol. The molecule has 0 bridgehead atoms. The molecule has 7 nitrogen and oxygen atoms in total. The Hall–Kier alpha value is -2.18. The van der Waals surface area contributed by atoms with Gasteiger partial charge in [-0.3, -0.25) is 4.79 Å². The van der Waals surface area contributed by atoms with Gasteiger partial charge in [-0.1, -0.05) is 17.7 Å². The van der Waals surface area contributed by atoms with Crippen LogP contribution in [0.2, 0.25) is 5.02 Å². The van der Waals surface area contributed by atoms with Crippen LogP contribution in [0.1, 0.15) is 0 Å². The number of fused-ring (bicyclic) bond motifs is 1. The van der Waals surface area contributed by atoms with Crippen molar-refractivity contribution in [3.8, 4) is 5.75 Å². The van der Waals surface area contributed by atoms with Crippen LogP contribution in [-0.2, 0) is 4.79 Å². The van der Waals surface area contributed by atoms with Gasteiger partial charge in [-0.05, 0) is 24.3 Å². The Morgan fingerprint density at radius 3 is 2.67 bits per heavy atom. The van der Waals surface area contributed by atoms with Crippen molar-refractivity contribution in [1.29, 1.82) is 0 Å². The van der Waals surface area contributed by atoms with E-state index >= 15 is 0 Å². The van der Waals surface area contributed by atoms with Crippen molar-refractivity contribution in [2.45, 2.75) is 0 Å². The number of hydrogen-bond acceptors (Lipinski definition) is 6. The van der Waals surface area contributed by atoms with E-state index in [1.165, 1.54) is 31.6 Å². The fourth-order valence-electron chi connectivity index (χ4n) is 2.94. The standard InChI is InChI=1S/C23H23ClFN5O2.U/c1-4-30(5-2)10-6-7-22(31)29-20-12-16-19(13-21(20)32-3)26-14-27-23(16)28-15-8-9-18(25)17(24)11-15;/h6-9,11-14H,1-2,4-5,10H2,3H3,(H,29,31)(H,26,27,28);/q-2;+2/b7-6+;. The minimum Gasteiger partial charge on any atom is -0.494 e.